The zero-order valence-corrected chi connectivity index (χ0v) is 14.2. The van der Waals surface area contributed by atoms with Crippen molar-refractivity contribution in [2.24, 2.45) is 0 Å². The Morgan fingerprint density at radius 3 is 2.79 bits per heavy atom. The molecule has 1 aromatic heterocycles. The molecule has 1 unspecified atom stereocenters. The molecule has 3 rings (SSSR count). The van der Waals surface area contributed by atoms with Crippen molar-refractivity contribution in [3.8, 4) is 0 Å². The Labute approximate surface area is 146 Å². The van der Waals surface area contributed by atoms with E-state index >= 15 is 0 Å². The average molecular weight is 343 g/mol. The summed E-state index contributed by atoms with van der Waals surface area (Å²) in [5, 5.41) is 14.3. The number of carbonyl (C=O) groups is 1. The zero-order chi connectivity index (χ0) is 16.8. The van der Waals surface area contributed by atoms with Gasteiger partial charge in [-0.25, -0.2) is 0 Å². The molecule has 1 N–H and O–H groups in total. The summed E-state index contributed by atoms with van der Waals surface area (Å²) in [7, 11) is 0. The van der Waals surface area contributed by atoms with E-state index in [1.807, 2.05) is 53.2 Å². The van der Waals surface area contributed by atoms with E-state index in [1.54, 1.807) is 4.90 Å². The Morgan fingerprint density at radius 1 is 1.29 bits per heavy atom. The summed E-state index contributed by atoms with van der Waals surface area (Å²) in [6.45, 7) is 1.26. The van der Waals surface area contributed by atoms with Crippen molar-refractivity contribution in [1.82, 2.24) is 4.90 Å². The molecular weight excluding hydrogens is 322 g/mol. The molecule has 1 aliphatic heterocycles. The Bertz CT molecular complexity index is 682. The number of benzene rings is 1. The van der Waals surface area contributed by atoms with Gasteiger partial charge in [0.15, 0.2) is 5.76 Å². The van der Waals surface area contributed by atoms with E-state index in [4.69, 9.17) is 4.74 Å². The van der Waals surface area contributed by atoms with Gasteiger partial charge in [-0.05, 0) is 46.9 Å². The van der Waals surface area contributed by atoms with Crippen molar-refractivity contribution in [3.63, 3.8) is 0 Å². The van der Waals surface area contributed by atoms with Gasteiger partial charge in [-0.2, -0.15) is 11.3 Å². The van der Waals surface area contributed by atoms with E-state index in [2.05, 4.69) is 0 Å². The Kier molecular flexibility index (Phi) is 5.67. The van der Waals surface area contributed by atoms with E-state index in [-0.39, 0.29) is 12.5 Å². The van der Waals surface area contributed by atoms with Crippen LogP contribution in [0.15, 0.2) is 59.0 Å². The summed E-state index contributed by atoms with van der Waals surface area (Å²) < 4.78 is 5.52. The maximum Gasteiger partial charge on any atom is 0.288 e. The summed E-state index contributed by atoms with van der Waals surface area (Å²) in [5.74, 6) is 0.238. The van der Waals surface area contributed by atoms with Gasteiger partial charge >= 0.3 is 0 Å². The largest absolute Gasteiger partial charge is 0.488 e. The number of amides is 1. The fourth-order valence-electron chi connectivity index (χ4n) is 2.66. The number of thiophene rings is 1. The lowest BCUT2D eigenvalue weighted by molar-refractivity contribution is -0.133. The minimum atomic E-state index is -0.701. The summed E-state index contributed by atoms with van der Waals surface area (Å²) >= 11 is 1.54. The number of hydrogen-bond acceptors (Lipinski definition) is 4. The molecule has 24 heavy (non-hydrogen) atoms. The molecule has 0 spiro atoms. The quantitative estimate of drug-likeness (QED) is 0.873. The van der Waals surface area contributed by atoms with Gasteiger partial charge in [0, 0.05) is 6.54 Å². The van der Waals surface area contributed by atoms with Gasteiger partial charge in [0.1, 0.15) is 0 Å². The smallest absolute Gasteiger partial charge is 0.288 e. The summed E-state index contributed by atoms with van der Waals surface area (Å²) in [6.07, 6.45) is 2.94. The monoisotopic (exact) mass is 343 g/mol. The fraction of sp³-hybridized carbons (Fsp3) is 0.316. The molecule has 1 amide bonds. The van der Waals surface area contributed by atoms with Crippen LogP contribution in [0.2, 0.25) is 0 Å². The number of ether oxygens (including phenoxy) is 1. The van der Waals surface area contributed by atoms with Gasteiger partial charge in [0.2, 0.25) is 0 Å². The molecule has 0 bridgehead atoms. The van der Waals surface area contributed by atoms with Crippen LogP contribution in [0.4, 0.5) is 0 Å². The van der Waals surface area contributed by atoms with Gasteiger partial charge in [0.25, 0.3) is 5.91 Å². The summed E-state index contributed by atoms with van der Waals surface area (Å²) in [5.41, 5.74) is 1.86. The normalized spacial score (nSPS) is 15.3. The maximum atomic E-state index is 12.8. The van der Waals surface area contributed by atoms with Crippen LogP contribution in [-0.2, 0) is 16.1 Å². The predicted molar refractivity (Wildman–Crippen MR) is 94.4 cm³/mol. The highest BCUT2D eigenvalue weighted by atomic mass is 32.1. The number of aliphatic hydroxyl groups excluding tert-OH is 1. The van der Waals surface area contributed by atoms with Crippen LogP contribution in [0.5, 0.6) is 0 Å². The predicted octanol–water partition coefficient (Wildman–Crippen LogP) is 3.50. The highest BCUT2D eigenvalue weighted by Gasteiger charge is 2.24. The highest BCUT2D eigenvalue weighted by molar-refractivity contribution is 7.07. The molecule has 2 heterocycles. The number of carbonyl (C=O) groups excluding carboxylic acids is 1. The first kappa shape index (κ1) is 16.7. The zero-order valence-electron chi connectivity index (χ0n) is 13.4. The summed E-state index contributed by atoms with van der Waals surface area (Å²) in [6, 6.07) is 11.7. The Hall–Kier alpha value is -2.11. The third-order valence-electron chi connectivity index (χ3n) is 3.97. The molecule has 0 saturated heterocycles. The highest BCUT2D eigenvalue weighted by Crippen LogP contribution is 2.21. The van der Waals surface area contributed by atoms with Gasteiger partial charge in [-0.3, -0.25) is 4.79 Å². The third-order valence-corrected chi connectivity index (χ3v) is 4.67. The second kappa shape index (κ2) is 8.13. The topological polar surface area (TPSA) is 49.8 Å². The number of nitrogens with zero attached hydrogens (tertiary/aromatic N) is 1. The van der Waals surface area contributed by atoms with Crippen LogP contribution in [0.3, 0.4) is 0 Å². The lowest BCUT2D eigenvalue weighted by Crippen LogP contribution is -2.36. The summed E-state index contributed by atoms with van der Waals surface area (Å²) in [4.78, 5) is 14.5. The van der Waals surface area contributed by atoms with Crippen LogP contribution >= 0.6 is 11.3 Å². The lowest BCUT2D eigenvalue weighted by atomic mass is 10.1. The number of aliphatic hydroxyl groups is 1. The third kappa shape index (κ3) is 4.24. The average Bonchev–Trinajstić information content (AvgIpc) is 3.17. The van der Waals surface area contributed by atoms with Crippen LogP contribution < -0.4 is 0 Å². The van der Waals surface area contributed by atoms with E-state index in [1.165, 1.54) is 11.3 Å². The van der Waals surface area contributed by atoms with Crippen LogP contribution in [0.25, 0.3) is 0 Å². The molecule has 1 atom stereocenters. The van der Waals surface area contributed by atoms with Gasteiger partial charge in [-0.15, -0.1) is 0 Å². The SMILES string of the molecule is O=C(C1=CCCCO1)N(Cc1ccccc1)CC(O)c1ccsc1. The van der Waals surface area contributed by atoms with Crippen molar-refractivity contribution >= 4 is 17.2 Å². The lowest BCUT2D eigenvalue weighted by Gasteiger charge is -2.27. The molecule has 0 radical (unpaired) electrons. The van der Waals surface area contributed by atoms with E-state index < -0.39 is 6.10 Å². The first-order valence-electron chi connectivity index (χ1n) is 8.10. The van der Waals surface area contributed by atoms with E-state index in [0.717, 1.165) is 24.0 Å². The molecular formula is C19H21NO3S. The molecule has 0 aliphatic carbocycles. The van der Waals surface area contributed by atoms with Crippen molar-refractivity contribution < 1.29 is 14.6 Å². The minimum absolute atomic E-state index is 0.159. The molecule has 126 valence electrons. The van der Waals surface area contributed by atoms with Crippen LogP contribution in [0, 0.1) is 0 Å². The number of allylic oxidation sites excluding steroid dienone is 1. The first-order chi connectivity index (χ1) is 11.7. The molecule has 2 aromatic rings. The first-order valence-corrected chi connectivity index (χ1v) is 9.04. The molecule has 5 heteroatoms. The van der Waals surface area contributed by atoms with Gasteiger partial charge in [-0.1, -0.05) is 30.3 Å². The second-order valence-corrected chi connectivity index (χ2v) is 6.58. The van der Waals surface area contributed by atoms with Gasteiger partial charge < -0.3 is 14.7 Å². The standard InChI is InChI=1S/C19H21NO3S/c21-17(16-9-11-24-14-16)13-20(12-15-6-2-1-3-7-15)19(22)18-8-4-5-10-23-18/h1-3,6-9,11,14,17,21H,4-5,10,12-13H2. The van der Waals surface area contributed by atoms with Crippen molar-refractivity contribution in [2.45, 2.75) is 25.5 Å². The fourth-order valence-corrected chi connectivity index (χ4v) is 3.37. The van der Waals surface area contributed by atoms with Crippen LogP contribution in [0.1, 0.15) is 30.1 Å². The van der Waals surface area contributed by atoms with Gasteiger partial charge in [0.05, 0.1) is 19.3 Å². The molecule has 0 saturated carbocycles. The van der Waals surface area contributed by atoms with E-state index in [0.29, 0.717) is 18.9 Å². The number of rotatable bonds is 6. The van der Waals surface area contributed by atoms with Crippen molar-refractivity contribution in [3.05, 3.63) is 70.1 Å². The Morgan fingerprint density at radius 2 is 2.12 bits per heavy atom. The molecule has 1 aliphatic rings. The molecule has 4 nitrogen and oxygen atoms in total. The maximum absolute atomic E-state index is 12.8. The van der Waals surface area contributed by atoms with Crippen LogP contribution in [-0.4, -0.2) is 29.1 Å². The second-order valence-electron chi connectivity index (χ2n) is 5.80. The van der Waals surface area contributed by atoms with Crippen molar-refractivity contribution in [1.29, 1.82) is 0 Å². The molecule has 0 fully saturated rings. The minimum Gasteiger partial charge on any atom is -0.488 e. The molecule has 1 aromatic carbocycles. The van der Waals surface area contributed by atoms with E-state index in [9.17, 15) is 9.90 Å². The number of hydrogen-bond donors (Lipinski definition) is 1. The van der Waals surface area contributed by atoms with Crippen molar-refractivity contribution in [2.75, 3.05) is 13.2 Å². The Balaban J connectivity index is 1.77.